The van der Waals surface area contributed by atoms with E-state index in [4.69, 9.17) is 5.26 Å². The minimum Gasteiger partial charge on any atom is -0.320 e. The molecule has 132 valence electrons. The molecule has 0 amide bonds. The summed E-state index contributed by atoms with van der Waals surface area (Å²) in [7, 11) is 0. The highest BCUT2D eigenvalue weighted by Crippen LogP contribution is 2.50. The topological polar surface area (TPSA) is 28.7 Å². The van der Waals surface area contributed by atoms with Crippen molar-refractivity contribution in [3.63, 3.8) is 0 Å². The summed E-state index contributed by atoms with van der Waals surface area (Å²) >= 11 is 0. The van der Waals surface area contributed by atoms with Crippen LogP contribution in [0, 0.1) is 17.1 Å². The number of halogens is 7. The molecule has 9 heteroatoms. The summed E-state index contributed by atoms with van der Waals surface area (Å²) in [5, 5.41) is 8.83. The molecule has 0 saturated carbocycles. The van der Waals surface area contributed by atoms with Gasteiger partial charge in [-0.25, -0.2) is 17.6 Å². The number of aromatic nitrogens is 1. The predicted octanol–water partition coefficient (Wildman–Crippen LogP) is 5.10. The van der Waals surface area contributed by atoms with Crippen LogP contribution in [-0.2, 0) is 12.6 Å². The maximum Gasteiger partial charge on any atom is 0.418 e. The van der Waals surface area contributed by atoms with E-state index in [0.717, 1.165) is 22.8 Å². The van der Waals surface area contributed by atoms with Crippen LogP contribution in [0.15, 0.2) is 24.4 Å². The van der Waals surface area contributed by atoms with Gasteiger partial charge in [-0.3, -0.25) is 0 Å². The highest BCUT2D eigenvalue weighted by atomic mass is 19.4. The third-order valence-electron chi connectivity index (χ3n) is 4.12. The third kappa shape index (κ3) is 2.75. The maximum atomic E-state index is 14.1. The Balaban J connectivity index is 2.26. The fraction of sp³-hybridized carbons (Fsp3) is 0.312. The van der Waals surface area contributed by atoms with Gasteiger partial charge in [0, 0.05) is 29.6 Å². The standard InChI is InChI=1S/C16H9F7N2/c17-11-2-1-9(5-8(11)6-24)25-7-10(16(21,22)23)13-12(25)3-4-15(19,20)14(13)18/h1-2,5,7,14H,3-4H2/t14-/m1/s1. The van der Waals surface area contributed by atoms with Crippen molar-refractivity contribution in [2.45, 2.75) is 31.1 Å². The van der Waals surface area contributed by atoms with E-state index in [1.165, 1.54) is 6.07 Å². The molecule has 0 radical (unpaired) electrons. The van der Waals surface area contributed by atoms with E-state index in [-0.39, 0.29) is 11.4 Å². The molecule has 0 N–H and O–H groups in total. The molecule has 0 spiro atoms. The van der Waals surface area contributed by atoms with E-state index in [1.807, 2.05) is 0 Å². The van der Waals surface area contributed by atoms with Gasteiger partial charge >= 0.3 is 6.18 Å². The molecule has 0 unspecified atom stereocenters. The van der Waals surface area contributed by atoms with Crippen molar-refractivity contribution in [3.05, 3.63) is 52.6 Å². The Bertz CT molecular complexity index is 874. The van der Waals surface area contributed by atoms with E-state index >= 15 is 0 Å². The van der Waals surface area contributed by atoms with E-state index < -0.39 is 53.6 Å². The first kappa shape index (κ1) is 17.3. The predicted molar refractivity (Wildman–Crippen MR) is 72.6 cm³/mol. The number of alkyl halides is 6. The lowest BCUT2D eigenvalue weighted by atomic mass is 9.90. The Morgan fingerprint density at radius 1 is 1.24 bits per heavy atom. The zero-order chi connectivity index (χ0) is 18.6. The molecule has 0 bridgehead atoms. The van der Waals surface area contributed by atoms with Crippen molar-refractivity contribution < 1.29 is 30.7 Å². The molecule has 0 saturated heterocycles. The summed E-state index contributed by atoms with van der Waals surface area (Å²) in [6.45, 7) is 0. The van der Waals surface area contributed by atoms with E-state index in [2.05, 4.69) is 0 Å². The van der Waals surface area contributed by atoms with Crippen molar-refractivity contribution >= 4 is 0 Å². The minimum atomic E-state index is -5.04. The molecule has 2 nitrogen and oxygen atoms in total. The van der Waals surface area contributed by atoms with Gasteiger partial charge in [0.15, 0.2) is 6.17 Å². The molecule has 1 heterocycles. The number of hydrogen-bond acceptors (Lipinski definition) is 1. The highest BCUT2D eigenvalue weighted by molar-refractivity contribution is 5.49. The number of hydrogen-bond donors (Lipinski definition) is 0. The smallest absolute Gasteiger partial charge is 0.320 e. The Morgan fingerprint density at radius 2 is 1.92 bits per heavy atom. The lowest BCUT2D eigenvalue weighted by Gasteiger charge is -2.28. The zero-order valence-corrected chi connectivity index (χ0v) is 12.3. The van der Waals surface area contributed by atoms with Crippen molar-refractivity contribution in [1.29, 1.82) is 5.26 Å². The molecule has 1 aromatic heterocycles. The average Bonchev–Trinajstić information content (AvgIpc) is 2.92. The summed E-state index contributed by atoms with van der Waals surface area (Å²) in [6, 6.07) is 4.49. The summed E-state index contributed by atoms with van der Waals surface area (Å²) in [4.78, 5) is 0. The first-order valence-electron chi connectivity index (χ1n) is 7.09. The van der Waals surface area contributed by atoms with Crippen LogP contribution in [0.5, 0.6) is 0 Å². The molecule has 1 aromatic carbocycles. The quantitative estimate of drug-likeness (QED) is 0.649. The fourth-order valence-electron chi connectivity index (χ4n) is 2.93. The third-order valence-corrected chi connectivity index (χ3v) is 4.12. The lowest BCUT2D eigenvalue weighted by molar-refractivity contribution is -0.141. The van der Waals surface area contributed by atoms with Crippen molar-refractivity contribution in [2.75, 3.05) is 0 Å². The Hall–Kier alpha value is -2.50. The largest absolute Gasteiger partial charge is 0.418 e. The van der Waals surface area contributed by atoms with Crippen molar-refractivity contribution in [2.24, 2.45) is 0 Å². The van der Waals surface area contributed by atoms with Crippen LogP contribution < -0.4 is 0 Å². The number of benzene rings is 1. The van der Waals surface area contributed by atoms with Crippen LogP contribution >= 0.6 is 0 Å². The Morgan fingerprint density at radius 3 is 2.52 bits per heavy atom. The highest BCUT2D eigenvalue weighted by Gasteiger charge is 2.51. The van der Waals surface area contributed by atoms with Gasteiger partial charge in [-0.1, -0.05) is 0 Å². The van der Waals surface area contributed by atoms with Crippen LogP contribution in [0.2, 0.25) is 0 Å². The summed E-state index contributed by atoms with van der Waals surface area (Å²) in [5.74, 6) is -4.78. The van der Waals surface area contributed by atoms with Gasteiger partial charge in [0.2, 0.25) is 0 Å². The molecule has 1 aliphatic carbocycles. The first-order valence-corrected chi connectivity index (χ1v) is 7.09. The SMILES string of the molecule is N#Cc1cc(-n2cc(C(F)(F)F)c3c2CCC(F)(F)[C@@H]3F)ccc1F. The second-order valence-electron chi connectivity index (χ2n) is 5.67. The summed E-state index contributed by atoms with van der Waals surface area (Å²) < 4.78 is 95.2. The van der Waals surface area contributed by atoms with Gasteiger partial charge < -0.3 is 4.57 Å². The normalized spacial score (nSPS) is 19.4. The molecule has 0 aliphatic heterocycles. The fourth-order valence-corrected chi connectivity index (χ4v) is 2.93. The first-order chi connectivity index (χ1) is 11.6. The minimum absolute atomic E-state index is 0.0397. The number of rotatable bonds is 1. The average molecular weight is 362 g/mol. The molecule has 1 aliphatic rings. The lowest BCUT2D eigenvalue weighted by Crippen LogP contribution is -2.31. The van der Waals surface area contributed by atoms with Crippen molar-refractivity contribution in [3.8, 4) is 11.8 Å². The number of fused-ring (bicyclic) bond motifs is 1. The molecule has 2 aromatic rings. The molecular formula is C16H9F7N2. The maximum absolute atomic E-state index is 14.1. The van der Waals surface area contributed by atoms with Crippen LogP contribution in [0.25, 0.3) is 5.69 Å². The van der Waals surface area contributed by atoms with E-state index in [1.54, 1.807) is 0 Å². The van der Waals surface area contributed by atoms with E-state index in [0.29, 0.717) is 6.20 Å². The zero-order valence-electron chi connectivity index (χ0n) is 12.3. The van der Waals surface area contributed by atoms with Gasteiger partial charge in [0.1, 0.15) is 11.9 Å². The Kier molecular flexibility index (Phi) is 3.82. The Labute approximate surface area is 137 Å². The van der Waals surface area contributed by atoms with Gasteiger partial charge in [0.25, 0.3) is 5.92 Å². The van der Waals surface area contributed by atoms with Crippen LogP contribution in [-0.4, -0.2) is 10.5 Å². The van der Waals surface area contributed by atoms with Crippen LogP contribution in [0.4, 0.5) is 30.7 Å². The van der Waals surface area contributed by atoms with Crippen molar-refractivity contribution in [1.82, 2.24) is 4.57 Å². The second-order valence-corrected chi connectivity index (χ2v) is 5.67. The van der Waals surface area contributed by atoms with Gasteiger partial charge in [0.05, 0.1) is 11.1 Å². The van der Waals surface area contributed by atoms with Crippen LogP contribution in [0.3, 0.4) is 0 Å². The molecule has 0 fully saturated rings. The summed E-state index contributed by atoms with van der Waals surface area (Å²) in [5.41, 5.74) is -3.33. The molecular weight excluding hydrogens is 353 g/mol. The van der Waals surface area contributed by atoms with Crippen LogP contribution in [0.1, 0.15) is 35.0 Å². The second kappa shape index (κ2) is 5.51. The number of nitrogens with zero attached hydrogens (tertiary/aromatic N) is 2. The van der Waals surface area contributed by atoms with Gasteiger partial charge in [-0.15, -0.1) is 0 Å². The molecule has 25 heavy (non-hydrogen) atoms. The van der Waals surface area contributed by atoms with Gasteiger partial charge in [-0.05, 0) is 24.6 Å². The van der Waals surface area contributed by atoms with Gasteiger partial charge in [-0.2, -0.15) is 18.4 Å². The molecule has 3 rings (SSSR count). The molecule has 1 atom stereocenters. The van der Waals surface area contributed by atoms with E-state index in [9.17, 15) is 30.7 Å². The summed E-state index contributed by atoms with van der Waals surface area (Å²) in [6.07, 6.45) is -9.06. The number of nitriles is 1. The monoisotopic (exact) mass is 362 g/mol.